The quantitative estimate of drug-likeness (QED) is 0.680. The van der Waals surface area contributed by atoms with Crippen molar-refractivity contribution in [1.29, 1.82) is 0 Å². The van der Waals surface area contributed by atoms with Crippen LogP contribution in [0.2, 0.25) is 0 Å². The highest BCUT2D eigenvalue weighted by Crippen LogP contribution is 2.23. The van der Waals surface area contributed by atoms with Crippen LogP contribution in [0.5, 0.6) is 5.75 Å². The van der Waals surface area contributed by atoms with E-state index in [1.807, 2.05) is 36.4 Å². The monoisotopic (exact) mass is 405 g/mol. The van der Waals surface area contributed by atoms with E-state index >= 15 is 0 Å². The van der Waals surface area contributed by atoms with Crippen molar-refractivity contribution >= 4 is 17.5 Å². The molecule has 0 radical (unpaired) electrons. The van der Waals surface area contributed by atoms with Crippen LogP contribution < -0.4 is 10.1 Å². The number of methoxy groups -OCH3 is 1. The summed E-state index contributed by atoms with van der Waals surface area (Å²) in [5, 5.41) is 9.93. The predicted molar refractivity (Wildman–Crippen MR) is 112 cm³/mol. The molecule has 1 atom stereocenters. The van der Waals surface area contributed by atoms with Crippen LogP contribution >= 0.6 is 0 Å². The standard InChI is InChI=1S/C22H23N5O3/c1-30-17-8-4-7-16(12-17)24-21(28)15-6-5-11-27(14-15)22(29)20-13-19(25-26-20)18-9-2-3-10-23-18/h2-4,7-10,12-13,15H,5-6,11,14H2,1H3,(H,24,28)(H,25,26). The molecule has 1 aliphatic rings. The Balaban J connectivity index is 1.41. The Hall–Kier alpha value is -3.68. The van der Waals surface area contributed by atoms with Crippen LogP contribution in [0.4, 0.5) is 5.69 Å². The second-order valence-electron chi connectivity index (χ2n) is 7.19. The third kappa shape index (κ3) is 4.32. The van der Waals surface area contributed by atoms with E-state index in [4.69, 9.17) is 4.74 Å². The minimum Gasteiger partial charge on any atom is -0.497 e. The molecule has 2 aromatic heterocycles. The van der Waals surface area contributed by atoms with Gasteiger partial charge in [0, 0.05) is 31.0 Å². The second kappa shape index (κ2) is 8.77. The van der Waals surface area contributed by atoms with Crippen LogP contribution in [-0.2, 0) is 4.79 Å². The first kappa shape index (κ1) is 19.6. The summed E-state index contributed by atoms with van der Waals surface area (Å²) in [5.74, 6) is 0.145. The maximum absolute atomic E-state index is 12.9. The number of hydrogen-bond acceptors (Lipinski definition) is 5. The van der Waals surface area contributed by atoms with Crippen molar-refractivity contribution in [3.63, 3.8) is 0 Å². The Labute approximate surface area is 174 Å². The molecule has 4 rings (SSSR count). The third-order valence-electron chi connectivity index (χ3n) is 5.15. The van der Waals surface area contributed by atoms with Crippen LogP contribution in [0.1, 0.15) is 23.3 Å². The fourth-order valence-corrected chi connectivity index (χ4v) is 3.57. The smallest absolute Gasteiger partial charge is 0.271 e. The topological polar surface area (TPSA) is 100 Å². The molecular formula is C22H23N5O3. The zero-order chi connectivity index (χ0) is 20.9. The molecule has 1 aliphatic heterocycles. The van der Waals surface area contributed by atoms with Gasteiger partial charge < -0.3 is 15.0 Å². The number of aromatic nitrogens is 3. The van der Waals surface area contributed by atoms with Crippen molar-refractivity contribution in [2.24, 2.45) is 5.92 Å². The number of benzene rings is 1. The number of H-pyrrole nitrogens is 1. The Bertz CT molecular complexity index is 1030. The summed E-state index contributed by atoms with van der Waals surface area (Å²) in [4.78, 5) is 31.6. The number of likely N-dealkylation sites (tertiary alicyclic amines) is 1. The summed E-state index contributed by atoms with van der Waals surface area (Å²) >= 11 is 0. The van der Waals surface area contributed by atoms with E-state index in [9.17, 15) is 9.59 Å². The molecule has 3 heterocycles. The van der Waals surface area contributed by atoms with E-state index in [-0.39, 0.29) is 17.7 Å². The van der Waals surface area contributed by atoms with Gasteiger partial charge in [0.2, 0.25) is 5.91 Å². The molecule has 0 saturated carbocycles. The molecule has 1 saturated heterocycles. The molecule has 2 amide bonds. The largest absolute Gasteiger partial charge is 0.497 e. The molecule has 1 unspecified atom stereocenters. The van der Waals surface area contributed by atoms with Crippen molar-refractivity contribution in [3.05, 3.63) is 60.4 Å². The van der Waals surface area contributed by atoms with Crippen molar-refractivity contribution in [2.45, 2.75) is 12.8 Å². The molecule has 154 valence electrons. The van der Waals surface area contributed by atoms with E-state index in [0.29, 0.717) is 41.6 Å². The number of pyridine rings is 1. The van der Waals surface area contributed by atoms with Gasteiger partial charge in [0.25, 0.3) is 5.91 Å². The normalized spacial score (nSPS) is 16.2. The van der Waals surface area contributed by atoms with Crippen LogP contribution in [0.25, 0.3) is 11.4 Å². The molecule has 0 bridgehead atoms. The number of rotatable bonds is 5. The number of hydrogen-bond donors (Lipinski definition) is 2. The summed E-state index contributed by atoms with van der Waals surface area (Å²) in [6, 6.07) is 14.5. The lowest BCUT2D eigenvalue weighted by molar-refractivity contribution is -0.121. The Morgan fingerprint density at radius 1 is 1.17 bits per heavy atom. The lowest BCUT2D eigenvalue weighted by Crippen LogP contribution is -2.43. The van der Waals surface area contributed by atoms with Crippen molar-refractivity contribution in [2.75, 3.05) is 25.5 Å². The fraction of sp³-hybridized carbons (Fsp3) is 0.273. The molecule has 0 spiro atoms. The van der Waals surface area contributed by atoms with Gasteiger partial charge in [-0.1, -0.05) is 12.1 Å². The highest BCUT2D eigenvalue weighted by atomic mass is 16.5. The first-order valence-corrected chi connectivity index (χ1v) is 9.85. The second-order valence-corrected chi connectivity index (χ2v) is 7.19. The average Bonchev–Trinajstić information content (AvgIpc) is 3.30. The van der Waals surface area contributed by atoms with E-state index in [1.165, 1.54) is 0 Å². The van der Waals surface area contributed by atoms with Gasteiger partial charge in [-0.05, 0) is 43.2 Å². The molecule has 2 N–H and O–H groups in total. The number of carbonyl (C=O) groups is 2. The van der Waals surface area contributed by atoms with E-state index in [2.05, 4.69) is 20.5 Å². The van der Waals surface area contributed by atoms with E-state index in [1.54, 1.807) is 30.3 Å². The number of piperidine rings is 1. The van der Waals surface area contributed by atoms with Crippen LogP contribution in [0.3, 0.4) is 0 Å². The van der Waals surface area contributed by atoms with Gasteiger partial charge in [0.05, 0.1) is 18.7 Å². The third-order valence-corrected chi connectivity index (χ3v) is 5.15. The number of nitrogens with zero attached hydrogens (tertiary/aromatic N) is 3. The lowest BCUT2D eigenvalue weighted by atomic mass is 9.96. The number of anilines is 1. The first-order chi connectivity index (χ1) is 14.6. The molecular weight excluding hydrogens is 382 g/mol. The van der Waals surface area contributed by atoms with Gasteiger partial charge in [-0.25, -0.2) is 0 Å². The minimum absolute atomic E-state index is 0.0976. The van der Waals surface area contributed by atoms with E-state index in [0.717, 1.165) is 12.8 Å². The van der Waals surface area contributed by atoms with Crippen molar-refractivity contribution in [1.82, 2.24) is 20.1 Å². The highest BCUT2D eigenvalue weighted by molar-refractivity contribution is 5.95. The van der Waals surface area contributed by atoms with Crippen LogP contribution in [0.15, 0.2) is 54.7 Å². The summed E-state index contributed by atoms with van der Waals surface area (Å²) in [5.41, 5.74) is 2.38. The Kier molecular flexibility index (Phi) is 5.74. The van der Waals surface area contributed by atoms with Gasteiger partial charge in [-0.2, -0.15) is 5.10 Å². The number of aromatic amines is 1. The van der Waals surface area contributed by atoms with Crippen molar-refractivity contribution < 1.29 is 14.3 Å². The van der Waals surface area contributed by atoms with E-state index < -0.39 is 0 Å². The zero-order valence-corrected chi connectivity index (χ0v) is 16.7. The number of amides is 2. The van der Waals surface area contributed by atoms with Gasteiger partial charge in [0.1, 0.15) is 17.1 Å². The number of ether oxygens (including phenoxy) is 1. The fourth-order valence-electron chi connectivity index (χ4n) is 3.57. The van der Waals surface area contributed by atoms with Gasteiger partial charge >= 0.3 is 0 Å². The molecule has 8 heteroatoms. The molecule has 8 nitrogen and oxygen atoms in total. The molecule has 1 fully saturated rings. The summed E-state index contributed by atoms with van der Waals surface area (Å²) in [6.45, 7) is 0.978. The zero-order valence-electron chi connectivity index (χ0n) is 16.7. The molecule has 1 aromatic carbocycles. The Morgan fingerprint density at radius 2 is 2.07 bits per heavy atom. The van der Waals surface area contributed by atoms with Gasteiger partial charge in [-0.3, -0.25) is 19.7 Å². The number of nitrogens with one attached hydrogen (secondary N) is 2. The van der Waals surface area contributed by atoms with Crippen molar-refractivity contribution in [3.8, 4) is 17.1 Å². The van der Waals surface area contributed by atoms with Gasteiger partial charge in [0.15, 0.2) is 0 Å². The molecule has 30 heavy (non-hydrogen) atoms. The van der Waals surface area contributed by atoms with Crippen LogP contribution in [0, 0.1) is 5.92 Å². The maximum Gasteiger partial charge on any atom is 0.271 e. The lowest BCUT2D eigenvalue weighted by Gasteiger charge is -2.31. The molecule has 3 aromatic rings. The minimum atomic E-state index is -0.271. The van der Waals surface area contributed by atoms with Crippen LogP contribution in [-0.4, -0.2) is 52.1 Å². The summed E-state index contributed by atoms with van der Waals surface area (Å²) in [7, 11) is 1.58. The first-order valence-electron chi connectivity index (χ1n) is 9.85. The SMILES string of the molecule is COc1cccc(NC(=O)C2CCCN(C(=O)c3cc(-c4ccccn4)n[nH]3)C2)c1. The predicted octanol–water partition coefficient (Wildman–Crippen LogP) is 2.97. The van der Waals surface area contributed by atoms with Gasteiger partial charge in [-0.15, -0.1) is 0 Å². The summed E-state index contributed by atoms with van der Waals surface area (Å²) < 4.78 is 5.20. The Morgan fingerprint density at radius 3 is 2.87 bits per heavy atom. The number of carbonyl (C=O) groups excluding carboxylic acids is 2. The molecule has 0 aliphatic carbocycles. The highest BCUT2D eigenvalue weighted by Gasteiger charge is 2.30. The maximum atomic E-state index is 12.9. The average molecular weight is 405 g/mol. The summed E-state index contributed by atoms with van der Waals surface area (Å²) in [6.07, 6.45) is 3.19.